The maximum Gasteiger partial charge on any atom is 0.241 e. The van der Waals surface area contributed by atoms with E-state index in [9.17, 15) is 21.6 Å². The fraction of sp³-hybridized carbons (Fsp3) is 0.278. The van der Waals surface area contributed by atoms with E-state index in [1.54, 1.807) is 26.8 Å². The van der Waals surface area contributed by atoms with E-state index >= 15 is 0 Å². The molecule has 0 aromatic heterocycles. The van der Waals surface area contributed by atoms with Crippen LogP contribution in [0.2, 0.25) is 0 Å². The summed E-state index contributed by atoms with van der Waals surface area (Å²) in [6.07, 6.45) is -0.0118. The van der Waals surface area contributed by atoms with Crippen LogP contribution in [0.1, 0.15) is 26.3 Å². The second-order valence-electron chi connectivity index (χ2n) is 7.30. The van der Waals surface area contributed by atoms with Crippen molar-refractivity contribution in [2.45, 2.75) is 42.5 Å². The van der Waals surface area contributed by atoms with E-state index in [-0.39, 0.29) is 22.1 Å². The van der Waals surface area contributed by atoms with Crippen molar-refractivity contribution < 1.29 is 21.6 Å². The highest BCUT2D eigenvalue weighted by Crippen LogP contribution is 2.18. The summed E-state index contributed by atoms with van der Waals surface area (Å²) in [5.74, 6) is -0.373. The maximum absolute atomic E-state index is 12.4. The van der Waals surface area contributed by atoms with Crippen LogP contribution in [0.3, 0.4) is 0 Å². The molecular formula is C18H23N3O5S2. The molecule has 1 amide bonds. The highest BCUT2D eigenvalue weighted by Gasteiger charge is 2.22. The number of hydrogen-bond donors (Lipinski definition) is 3. The molecule has 28 heavy (non-hydrogen) atoms. The summed E-state index contributed by atoms with van der Waals surface area (Å²) in [4.78, 5) is 12.2. The average molecular weight is 426 g/mol. The Bertz CT molecular complexity index is 1070. The minimum Gasteiger partial charge on any atom is -0.326 e. The van der Waals surface area contributed by atoms with Gasteiger partial charge in [-0.25, -0.2) is 26.7 Å². The number of anilines is 1. The molecule has 2 aromatic rings. The molecule has 4 N–H and O–H groups in total. The lowest BCUT2D eigenvalue weighted by Gasteiger charge is -2.20. The van der Waals surface area contributed by atoms with E-state index in [1.807, 2.05) is 0 Å². The van der Waals surface area contributed by atoms with Crippen LogP contribution in [0.4, 0.5) is 5.69 Å². The molecule has 10 heteroatoms. The summed E-state index contributed by atoms with van der Waals surface area (Å²) in [5.41, 5.74) is 0.285. The molecule has 0 fully saturated rings. The molecule has 0 unspecified atom stereocenters. The zero-order valence-corrected chi connectivity index (χ0v) is 17.4. The van der Waals surface area contributed by atoms with Crippen LogP contribution in [0.25, 0.3) is 0 Å². The van der Waals surface area contributed by atoms with Crippen molar-refractivity contribution in [3.63, 3.8) is 0 Å². The van der Waals surface area contributed by atoms with Gasteiger partial charge >= 0.3 is 0 Å². The van der Waals surface area contributed by atoms with Crippen LogP contribution in [0.15, 0.2) is 58.3 Å². The molecule has 0 heterocycles. The Balaban J connectivity index is 2.11. The van der Waals surface area contributed by atoms with Gasteiger partial charge in [-0.2, -0.15) is 0 Å². The smallest absolute Gasteiger partial charge is 0.241 e. The number of amides is 1. The normalized spacial score (nSPS) is 12.6. The molecule has 2 rings (SSSR count). The number of benzene rings is 2. The molecule has 0 aliphatic rings. The van der Waals surface area contributed by atoms with Crippen molar-refractivity contribution in [1.29, 1.82) is 0 Å². The van der Waals surface area contributed by atoms with Crippen LogP contribution < -0.4 is 15.2 Å². The Kier molecular flexibility index (Phi) is 6.29. The Morgan fingerprint density at radius 1 is 0.964 bits per heavy atom. The van der Waals surface area contributed by atoms with E-state index < -0.39 is 25.6 Å². The van der Waals surface area contributed by atoms with Gasteiger partial charge < -0.3 is 5.32 Å². The zero-order valence-electron chi connectivity index (χ0n) is 15.8. The number of hydrogen-bond acceptors (Lipinski definition) is 5. The van der Waals surface area contributed by atoms with Gasteiger partial charge in [0.1, 0.15) is 0 Å². The Labute approximate surface area is 165 Å². The molecule has 0 bridgehead atoms. The van der Waals surface area contributed by atoms with Crippen molar-refractivity contribution in [2.75, 3.05) is 5.32 Å². The third kappa shape index (κ3) is 6.41. The predicted molar refractivity (Wildman–Crippen MR) is 107 cm³/mol. The molecular weight excluding hydrogens is 402 g/mol. The van der Waals surface area contributed by atoms with E-state index in [0.717, 1.165) is 0 Å². The van der Waals surface area contributed by atoms with Crippen LogP contribution in [0.5, 0.6) is 0 Å². The quantitative estimate of drug-likeness (QED) is 0.646. The van der Waals surface area contributed by atoms with Crippen molar-refractivity contribution >= 4 is 31.6 Å². The Morgan fingerprint density at radius 3 is 2.11 bits per heavy atom. The van der Waals surface area contributed by atoms with Gasteiger partial charge in [-0.15, -0.1) is 0 Å². The number of nitrogens with one attached hydrogen (secondary N) is 2. The average Bonchev–Trinajstić information content (AvgIpc) is 2.52. The third-order valence-electron chi connectivity index (χ3n) is 3.49. The van der Waals surface area contributed by atoms with Crippen molar-refractivity contribution in [1.82, 2.24) is 4.72 Å². The van der Waals surface area contributed by atoms with Crippen LogP contribution in [-0.2, 0) is 31.3 Å². The first-order valence-corrected chi connectivity index (χ1v) is 11.3. The number of primary sulfonamides is 1. The van der Waals surface area contributed by atoms with E-state index in [1.165, 1.54) is 42.5 Å². The number of carbonyl (C=O) groups is 1. The van der Waals surface area contributed by atoms with Gasteiger partial charge in [0.15, 0.2) is 0 Å². The molecule has 8 nitrogen and oxygen atoms in total. The lowest BCUT2D eigenvalue weighted by Crippen LogP contribution is -2.40. The molecule has 0 saturated carbocycles. The van der Waals surface area contributed by atoms with Gasteiger partial charge in [-0.1, -0.05) is 18.2 Å². The molecule has 0 aliphatic carbocycles. The molecule has 0 aliphatic heterocycles. The first kappa shape index (κ1) is 22.0. The first-order valence-electron chi connectivity index (χ1n) is 8.32. The highest BCUT2D eigenvalue weighted by molar-refractivity contribution is 7.89. The van der Waals surface area contributed by atoms with Crippen LogP contribution in [0, 0.1) is 0 Å². The summed E-state index contributed by atoms with van der Waals surface area (Å²) in [6, 6.07) is 11.6. The summed E-state index contributed by atoms with van der Waals surface area (Å²) < 4.78 is 49.9. The molecule has 0 spiro atoms. The number of rotatable bonds is 6. The van der Waals surface area contributed by atoms with Crippen molar-refractivity contribution in [3.05, 3.63) is 54.1 Å². The Hall–Kier alpha value is -2.27. The SMILES string of the molecule is CC(C)(C)NS(=O)(=O)c1cccc(NC(=O)Cc2ccc(S(N)(=O)=O)cc2)c1. The second-order valence-corrected chi connectivity index (χ2v) is 10.5. The van der Waals surface area contributed by atoms with Gasteiger partial charge in [-0.05, 0) is 56.7 Å². The largest absolute Gasteiger partial charge is 0.326 e. The fourth-order valence-electron chi connectivity index (χ4n) is 2.39. The van der Waals surface area contributed by atoms with E-state index in [4.69, 9.17) is 5.14 Å². The van der Waals surface area contributed by atoms with Gasteiger partial charge in [0, 0.05) is 11.2 Å². The van der Waals surface area contributed by atoms with Crippen LogP contribution in [-0.4, -0.2) is 28.3 Å². The first-order chi connectivity index (χ1) is 12.8. The summed E-state index contributed by atoms with van der Waals surface area (Å²) in [5, 5.41) is 7.67. The van der Waals surface area contributed by atoms with Crippen LogP contribution >= 0.6 is 0 Å². The molecule has 0 saturated heterocycles. The lowest BCUT2D eigenvalue weighted by molar-refractivity contribution is -0.115. The summed E-state index contributed by atoms with van der Waals surface area (Å²) in [6.45, 7) is 5.20. The van der Waals surface area contributed by atoms with E-state index in [2.05, 4.69) is 10.0 Å². The fourth-order valence-corrected chi connectivity index (χ4v) is 4.37. The predicted octanol–water partition coefficient (Wildman–Crippen LogP) is 1.59. The molecule has 0 radical (unpaired) electrons. The number of carbonyl (C=O) groups excluding carboxylic acids is 1. The third-order valence-corrected chi connectivity index (χ3v) is 6.17. The Morgan fingerprint density at radius 2 is 1.57 bits per heavy atom. The maximum atomic E-state index is 12.4. The minimum absolute atomic E-state index is 0.0118. The van der Waals surface area contributed by atoms with E-state index in [0.29, 0.717) is 11.3 Å². The molecule has 2 aromatic carbocycles. The van der Waals surface area contributed by atoms with Crippen molar-refractivity contribution in [2.24, 2.45) is 5.14 Å². The van der Waals surface area contributed by atoms with Gasteiger partial charge in [0.05, 0.1) is 16.2 Å². The minimum atomic E-state index is -3.79. The van der Waals surface area contributed by atoms with Gasteiger partial charge in [0.25, 0.3) is 0 Å². The van der Waals surface area contributed by atoms with Gasteiger partial charge in [0.2, 0.25) is 26.0 Å². The number of nitrogens with two attached hydrogens (primary N) is 1. The summed E-state index contributed by atoms with van der Waals surface area (Å²) >= 11 is 0. The van der Waals surface area contributed by atoms with Crippen molar-refractivity contribution in [3.8, 4) is 0 Å². The zero-order chi connectivity index (χ0) is 21.2. The molecule has 0 atom stereocenters. The number of sulfonamides is 2. The summed E-state index contributed by atoms with van der Waals surface area (Å²) in [7, 11) is -7.52. The van der Waals surface area contributed by atoms with Gasteiger partial charge in [-0.3, -0.25) is 4.79 Å². The lowest BCUT2D eigenvalue weighted by atomic mass is 10.1. The second kappa shape index (κ2) is 8.00. The molecule has 152 valence electrons. The monoisotopic (exact) mass is 425 g/mol. The highest BCUT2D eigenvalue weighted by atomic mass is 32.2. The topological polar surface area (TPSA) is 135 Å². The standard InChI is InChI=1S/C18H23N3O5S2/c1-18(2,3)21-28(25,26)16-6-4-5-14(12-16)20-17(22)11-13-7-9-15(10-8-13)27(19,23)24/h4-10,12,21H,11H2,1-3H3,(H,20,22)(H2,19,23,24).